The number of amides is 1. The van der Waals surface area contributed by atoms with Crippen LogP contribution in [0, 0.1) is 5.82 Å². The van der Waals surface area contributed by atoms with Crippen LogP contribution in [0.2, 0.25) is 0 Å². The summed E-state index contributed by atoms with van der Waals surface area (Å²) < 4.78 is 13.6. The lowest BCUT2D eigenvalue weighted by atomic mass is 10.1. The van der Waals surface area contributed by atoms with Gasteiger partial charge in [-0.3, -0.25) is 4.79 Å². The van der Waals surface area contributed by atoms with Gasteiger partial charge in [-0.1, -0.05) is 13.8 Å². The van der Waals surface area contributed by atoms with Crippen LogP contribution < -0.4 is 11.1 Å². The molecule has 0 aliphatic rings. The molecule has 1 aromatic rings. The van der Waals surface area contributed by atoms with Crippen LogP contribution in [-0.4, -0.2) is 37.0 Å². The molecule has 0 aromatic heterocycles. The third-order valence-corrected chi connectivity index (χ3v) is 3.37. The van der Waals surface area contributed by atoms with E-state index < -0.39 is 5.91 Å². The molecule has 0 radical (unpaired) electrons. The van der Waals surface area contributed by atoms with Crippen molar-refractivity contribution < 1.29 is 9.18 Å². The third-order valence-electron chi connectivity index (χ3n) is 3.37. The van der Waals surface area contributed by atoms with Gasteiger partial charge in [-0.25, -0.2) is 4.39 Å². The van der Waals surface area contributed by atoms with Gasteiger partial charge < -0.3 is 16.0 Å². The Morgan fingerprint density at radius 3 is 2.65 bits per heavy atom. The van der Waals surface area contributed by atoms with Crippen LogP contribution in [0.3, 0.4) is 0 Å². The highest BCUT2D eigenvalue weighted by atomic mass is 19.1. The first-order chi connectivity index (χ1) is 9.58. The van der Waals surface area contributed by atoms with Crippen molar-refractivity contribution in [2.75, 3.05) is 26.2 Å². The lowest BCUT2D eigenvalue weighted by molar-refractivity contribution is 0.1000. The van der Waals surface area contributed by atoms with E-state index >= 15 is 0 Å². The van der Waals surface area contributed by atoms with E-state index in [0.29, 0.717) is 17.7 Å². The van der Waals surface area contributed by atoms with Gasteiger partial charge >= 0.3 is 0 Å². The van der Waals surface area contributed by atoms with Crippen molar-refractivity contribution in [3.8, 4) is 0 Å². The van der Waals surface area contributed by atoms with Gasteiger partial charge in [-0.15, -0.1) is 0 Å². The number of primary amides is 1. The molecule has 0 aliphatic heterocycles. The van der Waals surface area contributed by atoms with Crippen molar-refractivity contribution in [1.29, 1.82) is 0 Å². The average molecular weight is 281 g/mol. The molecule has 0 saturated heterocycles. The van der Waals surface area contributed by atoms with Crippen molar-refractivity contribution >= 4 is 5.91 Å². The van der Waals surface area contributed by atoms with Crippen molar-refractivity contribution in [1.82, 2.24) is 10.2 Å². The Labute approximate surface area is 120 Å². The summed E-state index contributed by atoms with van der Waals surface area (Å²) in [5.41, 5.74) is 6.00. The first-order valence-electron chi connectivity index (χ1n) is 7.09. The molecule has 112 valence electrons. The predicted molar refractivity (Wildman–Crippen MR) is 79.0 cm³/mol. The molecule has 1 aromatic carbocycles. The summed E-state index contributed by atoms with van der Waals surface area (Å²) in [5.74, 6) is -0.848. The minimum Gasteiger partial charge on any atom is -0.366 e. The van der Waals surface area contributed by atoms with Crippen molar-refractivity contribution in [2.24, 2.45) is 5.73 Å². The third kappa shape index (κ3) is 5.27. The second-order valence-electron chi connectivity index (χ2n) is 4.73. The number of carbonyl (C=O) groups excluding carboxylic acids is 1. The number of rotatable bonds is 9. The number of nitrogens with one attached hydrogen (secondary N) is 1. The summed E-state index contributed by atoms with van der Waals surface area (Å²) in [7, 11) is 0. The second-order valence-corrected chi connectivity index (χ2v) is 4.73. The Hall–Kier alpha value is -1.46. The van der Waals surface area contributed by atoms with Gasteiger partial charge in [-0.2, -0.15) is 0 Å². The van der Waals surface area contributed by atoms with Gasteiger partial charge in [-0.05, 0) is 50.8 Å². The molecule has 3 N–H and O–H groups in total. The van der Waals surface area contributed by atoms with Gasteiger partial charge in [0.1, 0.15) is 5.82 Å². The first kappa shape index (κ1) is 16.6. The highest BCUT2D eigenvalue weighted by Gasteiger charge is 2.06. The van der Waals surface area contributed by atoms with Gasteiger partial charge in [0.05, 0.1) is 0 Å². The maximum absolute atomic E-state index is 13.6. The summed E-state index contributed by atoms with van der Waals surface area (Å²) in [6, 6.07) is 4.20. The topological polar surface area (TPSA) is 58.4 Å². The van der Waals surface area contributed by atoms with E-state index in [9.17, 15) is 9.18 Å². The normalized spacial score (nSPS) is 11.0. The predicted octanol–water partition coefficient (Wildman–Crippen LogP) is 1.75. The summed E-state index contributed by atoms with van der Waals surface area (Å²) >= 11 is 0. The Balaban J connectivity index is 2.38. The molecule has 0 heterocycles. The molecule has 0 fully saturated rings. The van der Waals surface area contributed by atoms with E-state index in [0.717, 1.165) is 32.6 Å². The summed E-state index contributed by atoms with van der Waals surface area (Å²) in [5, 5.41) is 3.19. The Morgan fingerprint density at radius 1 is 1.35 bits per heavy atom. The molecule has 0 atom stereocenters. The number of nitrogens with zero attached hydrogens (tertiary/aromatic N) is 1. The van der Waals surface area contributed by atoms with Gasteiger partial charge in [0.2, 0.25) is 5.91 Å². The minimum atomic E-state index is -0.534. The molecular formula is C15H24FN3O. The zero-order chi connectivity index (χ0) is 15.0. The standard InChI is InChI=1S/C15H24FN3O/c1-3-19(4-2)9-5-8-18-11-13-10-12(15(17)20)6-7-14(13)16/h6-7,10,18H,3-5,8-9,11H2,1-2H3,(H2,17,20). The monoisotopic (exact) mass is 281 g/mol. The number of hydrogen-bond acceptors (Lipinski definition) is 3. The molecule has 0 bridgehead atoms. The summed E-state index contributed by atoms with van der Waals surface area (Å²) in [6.07, 6.45) is 1.01. The molecular weight excluding hydrogens is 257 g/mol. The van der Waals surface area contributed by atoms with Crippen LogP contribution >= 0.6 is 0 Å². The SMILES string of the molecule is CCN(CC)CCCNCc1cc(C(N)=O)ccc1F. The molecule has 1 amide bonds. The van der Waals surface area contributed by atoms with Crippen LogP contribution in [-0.2, 0) is 6.54 Å². The maximum atomic E-state index is 13.6. The molecule has 5 heteroatoms. The molecule has 0 saturated carbocycles. The smallest absolute Gasteiger partial charge is 0.248 e. The fourth-order valence-electron chi connectivity index (χ4n) is 2.05. The van der Waals surface area contributed by atoms with Crippen molar-refractivity contribution in [3.63, 3.8) is 0 Å². The average Bonchev–Trinajstić information content (AvgIpc) is 2.44. The maximum Gasteiger partial charge on any atom is 0.248 e. The number of carbonyl (C=O) groups is 1. The second kappa shape index (κ2) is 8.66. The van der Waals surface area contributed by atoms with Gasteiger partial charge in [0, 0.05) is 17.7 Å². The Morgan fingerprint density at radius 2 is 2.05 bits per heavy atom. The van der Waals surface area contributed by atoms with Crippen LogP contribution in [0.15, 0.2) is 18.2 Å². The lowest BCUT2D eigenvalue weighted by Gasteiger charge is -2.17. The zero-order valence-corrected chi connectivity index (χ0v) is 12.3. The zero-order valence-electron chi connectivity index (χ0n) is 12.3. The molecule has 4 nitrogen and oxygen atoms in total. The minimum absolute atomic E-state index is 0.314. The number of benzene rings is 1. The number of hydrogen-bond donors (Lipinski definition) is 2. The molecule has 0 aliphatic carbocycles. The fraction of sp³-hybridized carbons (Fsp3) is 0.533. The van der Waals surface area contributed by atoms with E-state index in [-0.39, 0.29) is 5.82 Å². The van der Waals surface area contributed by atoms with E-state index in [1.54, 1.807) is 0 Å². The van der Waals surface area contributed by atoms with Crippen molar-refractivity contribution in [2.45, 2.75) is 26.8 Å². The lowest BCUT2D eigenvalue weighted by Crippen LogP contribution is -2.27. The van der Waals surface area contributed by atoms with Gasteiger partial charge in [0.25, 0.3) is 0 Å². The van der Waals surface area contributed by atoms with E-state index in [1.807, 2.05) is 0 Å². The highest BCUT2D eigenvalue weighted by Crippen LogP contribution is 2.10. The van der Waals surface area contributed by atoms with Gasteiger partial charge in [0.15, 0.2) is 0 Å². The van der Waals surface area contributed by atoms with Crippen LogP contribution in [0.25, 0.3) is 0 Å². The number of halogens is 1. The van der Waals surface area contributed by atoms with Crippen LogP contribution in [0.1, 0.15) is 36.2 Å². The molecule has 0 spiro atoms. The van der Waals surface area contributed by atoms with Crippen LogP contribution in [0.4, 0.5) is 4.39 Å². The largest absolute Gasteiger partial charge is 0.366 e. The van der Waals surface area contributed by atoms with Crippen molar-refractivity contribution in [3.05, 3.63) is 35.1 Å². The van der Waals surface area contributed by atoms with E-state index in [4.69, 9.17) is 5.73 Å². The van der Waals surface area contributed by atoms with Crippen LogP contribution in [0.5, 0.6) is 0 Å². The molecule has 1 rings (SSSR count). The quantitative estimate of drug-likeness (QED) is 0.678. The molecule has 20 heavy (non-hydrogen) atoms. The summed E-state index contributed by atoms with van der Waals surface area (Å²) in [6.45, 7) is 8.63. The molecule has 0 unspecified atom stereocenters. The Kier molecular flexibility index (Phi) is 7.18. The Bertz CT molecular complexity index is 433. The number of nitrogens with two attached hydrogens (primary N) is 1. The first-order valence-corrected chi connectivity index (χ1v) is 7.09. The highest BCUT2D eigenvalue weighted by molar-refractivity contribution is 5.92. The van der Waals surface area contributed by atoms with E-state index in [2.05, 4.69) is 24.1 Å². The fourth-order valence-corrected chi connectivity index (χ4v) is 2.05. The summed E-state index contributed by atoms with van der Waals surface area (Å²) in [4.78, 5) is 13.4. The van der Waals surface area contributed by atoms with E-state index in [1.165, 1.54) is 18.2 Å².